The van der Waals surface area contributed by atoms with Gasteiger partial charge in [0.1, 0.15) is 23.0 Å². The highest BCUT2D eigenvalue weighted by molar-refractivity contribution is 7.93. The van der Waals surface area contributed by atoms with E-state index in [0.29, 0.717) is 56.9 Å². The fourth-order valence-corrected chi connectivity index (χ4v) is 5.04. The summed E-state index contributed by atoms with van der Waals surface area (Å²) in [6.45, 7) is 0.121. The summed E-state index contributed by atoms with van der Waals surface area (Å²) < 4.78 is 57.9. The SMILES string of the molecule is COc1cc(OC)c(/C=C/S(=O)(=O)Cc2ccc(OC)c(N/C=C\C(=O)c3ccc4c(c3)OCO4)c2)c(OC)c1. The number of fused-ring (bicyclic) bond motifs is 1. The quantitative estimate of drug-likeness (QED) is 0.240. The number of rotatable bonds is 12. The third kappa shape index (κ3) is 6.67. The van der Waals surface area contributed by atoms with Crippen LogP contribution in [0.2, 0.25) is 0 Å². The van der Waals surface area contributed by atoms with Crippen LogP contribution >= 0.6 is 0 Å². The fraction of sp³-hybridized carbons (Fsp3) is 0.207. The third-order valence-corrected chi connectivity index (χ3v) is 7.24. The van der Waals surface area contributed by atoms with E-state index in [1.54, 1.807) is 48.5 Å². The van der Waals surface area contributed by atoms with Crippen LogP contribution in [0.15, 0.2) is 66.2 Å². The molecule has 1 heterocycles. The second-order valence-corrected chi connectivity index (χ2v) is 10.4. The number of ketones is 1. The van der Waals surface area contributed by atoms with Gasteiger partial charge in [-0.25, -0.2) is 8.42 Å². The van der Waals surface area contributed by atoms with Crippen molar-refractivity contribution in [2.75, 3.05) is 40.5 Å². The molecule has 0 saturated carbocycles. The zero-order valence-corrected chi connectivity index (χ0v) is 23.2. The molecule has 1 aliphatic heterocycles. The molecule has 0 atom stereocenters. The maximum atomic E-state index is 13.0. The number of carbonyl (C=O) groups excluding carboxylic acids is 1. The zero-order chi connectivity index (χ0) is 28.7. The largest absolute Gasteiger partial charge is 0.496 e. The van der Waals surface area contributed by atoms with E-state index in [1.807, 2.05) is 0 Å². The molecule has 0 amide bonds. The highest BCUT2D eigenvalue weighted by Gasteiger charge is 2.16. The molecule has 40 heavy (non-hydrogen) atoms. The summed E-state index contributed by atoms with van der Waals surface area (Å²) in [5.74, 6) is 2.37. The van der Waals surface area contributed by atoms with Gasteiger partial charge in [-0.15, -0.1) is 0 Å². The second-order valence-electron chi connectivity index (χ2n) is 8.50. The molecule has 0 saturated heterocycles. The van der Waals surface area contributed by atoms with Crippen LogP contribution in [0, 0.1) is 0 Å². The molecule has 0 aliphatic carbocycles. The van der Waals surface area contributed by atoms with E-state index in [0.717, 1.165) is 5.41 Å². The summed E-state index contributed by atoms with van der Waals surface area (Å²) in [5, 5.41) is 4.11. The van der Waals surface area contributed by atoms with E-state index in [-0.39, 0.29) is 18.3 Å². The molecule has 0 fully saturated rings. The highest BCUT2D eigenvalue weighted by atomic mass is 32.2. The Balaban J connectivity index is 1.49. The van der Waals surface area contributed by atoms with Gasteiger partial charge in [0.15, 0.2) is 27.1 Å². The number of sulfone groups is 1. The van der Waals surface area contributed by atoms with E-state index in [1.165, 1.54) is 46.8 Å². The molecule has 3 aromatic rings. The maximum absolute atomic E-state index is 13.0. The van der Waals surface area contributed by atoms with Crippen LogP contribution in [-0.4, -0.2) is 49.4 Å². The van der Waals surface area contributed by atoms with Gasteiger partial charge in [-0.2, -0.15) is 0 Å². The summed E-state index contributed by atoms with van der Waals surface area (Å²) in [7, 11) is 2.26. The van der Waals surface area contributed by atoms with Gasteiger partial charge >= 0.3 is 0 Å². The minimum Gasteiger partial charge on any atom is -0.496 e. The van der Waals surface area contributed by atoms with Gasteiger partial charge in [0, 0.05) is 35.4 Å². The first kappa shape index (κ1) is 28.4. The molecule has 1 N–H and O–H groups in total. The fourth-order valence-electron chi connectivity index (χ4n) is 3.96. The van der Waals surface area contributed by atoms with Gasteiger partial charge in [-0.05, 0) is 42.0 Å². The summed E-state index contributed by atoms with van der Waals surface area (Å²) in [6.07, 6.45) is 4.25. The maximum Gasteiger partial charge on any atom is 0.231 e. The van der Waals surface area contributed by atoms with Gasteiger partial charge in [-0.3, -0.25) is 4.79 Å². The number of hydrogen-bond donors (Lipinski definition) is 1. The molecule has 0 radical (unpaired) electrons. The Labute approximate surface area is 232 Å². The molecule has 0 bridgehead atoms. The van der Waals surface area contributed by atoms with E-state index in [4.69, 9.17) is 28.4 Å². The van der Waals surface area contributed by atoms with Crippen molar-refractivity contribution in [3.63, 3.8) is 0 Å². The minimum absolute atomic E-state index is 0.121. The highest BCUT2D eigenvalue weighted by Crippen LogP contribution is 2.36. The van der Waals surface area contributed by atoms with Gasteiger partial charge in [0.05, 0.1) is 45.4 Å². The Kier molecular flexibility index (Phi) is 8.85. The number of benzene rings is 3. The van der Waals surface area contributed by atoms with Crippen LogP contribution in [0.4, 0.5) is 5.69 Å². The molecule has 0 unspecified atom stereocenters. The lowest BCUT2D eigenvalue weighted by Crippen LogP contribution is -2.02. The number of ether oxygens (including phenoxy) is 6. The van der Waals surface area contributed by atoms with Crippen molar-refractivity contribution in [2.24, 2.45) is 0 Å². The number of hydrogen-bond acceptors (Lipinski definition) is 10. The average Bonchev–Trinajstić information content (AvgIpc) is 3.43. The van der Waals surface area contributed by atoms with Gasteiger partial charge in [-0.1, -0.05) is 6.07 Å². The standard InChI is InChI=1S/C29H29NO9S/c1-34-21-15-27(36-3)22(28(16-21)37-4)10-12-40(32,33)17-19-5-7-25(35-2)23(13-19)30-11-9-24(31)20-6-8-26-29(14-20)39-18-38-26/h5-16,30H,17-18H2,1-4H3/b11-9-,12-10+. The van der Waals surface area contributed by atoms with E-state index < -0.39 is 9.84 Å². The molecule has 0 spiro atoms. The molecular weight excluding hydrogens is 538 g/mol. The first-order chi connectivity index (χ1) is 19.3. The first-order valence-electron chi connectivity index (χ1n) is 12.0. The summed E-state index contributed by atoms with van der Waals surface area (Å²) in [5.41, 5.74) is 1.90. The Morgan fingerprint density at radius 2 is 1.57 bits per heavy atom. The molecule has 10 nitrogen and oxygen atoms in total. The predicted octanol–water partition coefficient (Wildman–Crippen LogP) is 4.84. The predicted molar refractivity (Wildman–Crippen MR) is 150 cm³/mol. The van der Waals surface area contributed by atoms with E-state index in [9.17, 15) is 13.2 Å². The van der Waals surface area contributed by atoms with Crippen LogP contribution in [-0.2, 0) is 15.6 Å². The number of anilines is 1. The van der Waals surface area contributed by atoms with Crippen molar-refractivity contribution >= 4 is 27.4 Å². The molecule has 11 heteroatoms. The van der Waals surface area contributed by atoms with Crippen LogP contribution in [0.3, 0.4) is 0 Å². The Morgan fingerprint density at radius 1 is 0.875 bits per heavy atom. The average molecular weight is 568 g/mol. The second kappa shape index (κ2) is 12.5. The summed E-state index contributed by atoms with van der Waals surface area (Å²) in [4.78, 5) is 12.6. The number of carbonyl (C=O) groups is 1. The molecule has 210 valence electrons. The summed E-state index contributed by atoms with van der Waals surface area (Å²) >= 11 is 0. The van der Waals surface area contributed by atoms with Crippen molar-refractivity contribution in [1.82, 2.24) is 0 Å². The molecule has 3 aromatic carbocycles. The van der Waals surface area contributed by atoms with Crippen molar-refractivity contribution < 1.29 is 41.6 Å². The Hall–Kier alpha value is -4.64. The smallest absolute Gasteiger partial charge is 0.231 e. The Morgan fingerprint density at radius 3 is 2.25 bits per heavy atom. The molecule has 4 rings (SSSR count). The zero-order valence-electron chi connectivity index (χ0n) is 22.4. The molecular formula is C29H29NO9S. The van der Waals surface area contributed by atoms with Crippen LogP contribution in [0.25, 0.3) is 6.08 Å². The third-order valence-electron chi connectivity index (χ3n) is 5.96. The Bertz CT molecular complexity index is 1540. The van der Waals surface area contributed by atoms with Crippen molar-refractivity contribution in [3.8, 4) is 34.5 Å². The van der Waals surface area contributed by atoms with Crippen molar-refractivity contribution in [1.29, 1.82) is 0 Å². The van der Waals surface area contributed by atoms with Crippen LogP contribution in [0.5, 0.6) is 34.5 Å². The van der Waals surface area contributed by atoms with E-state index in [2.05, 4.69) is 5.32 Å². The topological polar surface area (TPSA) is 119 Å². The monoisotopic (exact) mass is 567 g/mol. The minimum atomic E-state index is -3.70. The lowest BCUT2D eigenvalue weighted by molar-refractivity contribution is 0.104. The van der Waals surface area contributed by atoms with Crippen molar-refractivity contribution in [2.45, 2.75) is 5.75 Å². The van der Waals surface area contributed by atoms with E-state index >= 15 is 0 Å². The lowest BCUT2D eigenvalue weighted by Gasteiger charge is -2.12. The van der Waals surface area contributed by atoms with Gasteiger partial charge < -0.3 is 33.7 Å². The van der Waals surface area contributed by atoms with Crippen LogP contribution in [0.1, 0.15) is 21.5 Å². The van der Waals surface area contributed by atoms with Crippen molar-refractivity contribution in [3.05, 3.63) is 82.9 Å². The number of nitrogens with one attached hydrogen (secondary N) is 1. The summed E-state index contributed by atoms with van der Waals surface area (Å²) in [6, 6.07) is 13.2. The molecule has 1 aliphatic rings. The molecule has 0 aromatic heterocycles. The first-order valence-corrected chi connectivity index (χ1v) is 13.7. The van der Waals surface area contributed by atoms with Crippen LogP contribution < -0.4 is 33.7 Å². The number of allylic oxidation sites excluding steroid dienone is 1. The normalized spacial score (nSPS) is 12.5. The lowest BCUT2D eigenvalue weighted by atomic mass is 10.1. The van der Waals surface area contributed by atoms with Gasteiger partial charge in [0.25, 0.3) is 0 Å². The number of methoxy groups -OCH3 is 4. The van der Waals surface area contributed by atoms with Gasteiger partial charge in [0.2, 0.25) is 6.79 Å².